The van der Waals surface area contributed by atoms with Gasteiger partial charge in [-0.1, -0.05) is 11.6 Å². The second kappa shape index (κ2) is 7.09. The predicted octanol–water partition coefficient (Wildman–Crippen LogP) is 3.20. The van der Waals surface area contributed by atoms with Crippen LogP contribution in [0.5, 0.6) is 0 Å². The maximum Gasteiger partial charge on any atom is 0.322 e. The van der Waals surface area contributed by atoms with Crippen LogP contribution in [0, 0.1) is 5.82 Å². The summed E-state index contributed by atoms with van der Waals surface area (Å²) in [6, 6.07) is 3.04. The number of aliphatic carboxylic acids is 1. The summed E-state index contributed by atoms with van der Waals surface area (Å²) in [6.07, 6.45) is -0.177. The second-order valence-electron chi connectivity index (χ2n) is 4.49. The Kier molecular flexibility index (Phi) is 5.76. The number of carbonyl (C=O) groups is 2. The van der Waals surface area contributed by atoms with Crippen LogP contribution in [-0.2, 0) is 4.79 Å². The summed E-state index contributed by atoms with van der Waals surface area (Å²) >= 11 is 5.74. The highest BCUT2D eigenvalue weighted by Crippen LogP contribution is 2.20. The van der Waals surface area contributed by atoms with E-state index in [1.165, 1.54) is 17.0 Å². The van der Waals surface area contributed by atoms with E-state index in [9.17, 15) is 14.0 Å². The molecule has 0 aromatic heterocycles. The molecule has 1 aromatic rings. The van der Waals surface area contributed by atoms with Crippen molar-refractivity contribution in [3.63, 3.8) is 0 Å². The highest BCUT2D eigenvalue weighted by molar-refractivity contribution is 6.30. The van der Waals surface area contributed by atoms with Crippen molar-refractivity contribution in [3.8, 4) is 0 Å². The highest BCUT2D eigenvalue weighted by Gasteiger charge is 2.19. The van der Waals surface area contributed by atoms with Gasteiger partial charge in [-0.15, -0.1) is 0 Å². The minimum atomic E-state index is -1.00. The minimum Gasteiger partial charge on any atom is -0.481 e. The molecule has 0 saturated carbocycles. The average Bonchev–Trinajstić information content (AvgIpc) is 2.33. The van der Waals surface area contributed by atoms with Crippen molar-refractivity contribution in [3.05, 3.63) is 29.0 Å². The monoisotopic (exact) mass is 302 g/mol. The number of carboxylic acids is 1. The molecule has 110 valence electrons. The Morgan fingerprint density at radius 1 is 1.45 bits per heavy atom. The number of hydrogen-bond acceptors (Lipinski definition) is 2. The summed E-state index contributed by atoms with van der Waals surface area (Å²) in [7, 11) is 0. The van der Waals surface area contributed by atoms with Gasteiger partial charge in [0.25, 0.3) is 0 Å². The summed E-state index contributed by atoms with van der Waals surface area (Å²) in [5.41, 5.74) is -0.0384. The van der Waals surface area contributed by atoms with Crippen molar-refractivity contribution in [1.82, 2.24) is 4.90 Å². The lowest BCUT2D eigenvalue weighted by Crippen LogP contribution is -2.41. The van der Waals surface area contributed by atoms with Crippen LogP contribution >= 0.6 is 11.6 Å². The van der Waals surface area contributed by atoms with E-state index in [-0.39, 0.29) is 24.7 Å². The Balaban J connectivity index is 2.80. The smallest absolute Gasteiger partial charge is 0.322 e. The first-order valence-electron chi connectivity index (χ1n) is 6.05. The molecule has 0 heterocycles. The van der Waals surface area contributed by atoms with Gasteiger partial charge in [0.15, 0.2) is 0 Å². The molecule has 7 heteroatoms. The maximum atomic E-state index is 13.5. The second-order valence-corrected chi connectivity index (χ2v) is 4.92. The topological polar surface area (TPSA) is 69.6 Å². The van der Waals surface area contributed by atoms with E-state index in [2.05, 4.69) is 5.32 Å². The van der Waals surface area contributed by atoms with Gasteiger partial charge in [-0.25, -0.2) is 9.18 Å². The molecule has 0 atom stereocenters. The molecule has 1 aromatic carbocycles. The number of anilines is 1. The van der Waals surface area contributed by atoms with Gasteiger partial charge in [0.05, 0.1) is 12.1 Å². The van der Waals surface area contributed by atoms with Crippen molar-refractivity contribution < 1.29 is 19.1 Å². The largest absolute Gasteiger partial charge is 0.481 e. The molecule has 2 amide bonds. The van der Waals surface area contributed by atoms with Crippen LogP contribution in [0.1, 0.15) is 20.3 Å². The van der Waals surface area contributed by atoms with Gasteiger partial charge < -0.3 is 15.3 Å². The molecule has 0 aliphatic carbocycles. The van der Waals surface area contributed by atoms with Gasteiger partial charge in [-0.05, 0) is 32.0 Å². The lowest BCUT2D eigenvalue weighted by molar-refractivity contribution is -0.137. The minimum absolute atomic E-state index is 0.0384. The van der Waals surface area contributed by atoms with Gasteiger partial charge in [-0.2, -0.15) is 0 Å². The third kappa shape index (κ3) is 4.70. The lowest BCUT2D eigenvalue weighted by Gasteiger charge is -2.26. The van der Waals surface area contributed by atoms with Crippen LogP contribution in [0.3, 0.4) is 0 Å². The summed E-state index contributed by atoms with van der Waals surface area (Å²) < 4.78 is 13.5. The zero-order valence-electron chi connectivity index (χ0n) is 11.2. The quantitative estimate of drug-likeness (QED) is 0.877. The van der Waals surface area contributed by atoms with Crippen LogP contribution in [0.15, 0.2) is 18.2 Å². The third-order valence-corrected chi connectivity index (χ3v) is 2.86. The zero-order valence-corrected chi connectivity index (χ0v) is 11.9. The molecule has 0 fully saturated rings. The molecule has 0 aliphatic rings. The summed E-state index contributed by atoms with van der Waals surface area (Å²) in [6.45, 7) is 3.53. The summed E-state index contributed by atoms with van der Waals surface area (Å²) in [5.74, 6) is -1.61. The Bertz CT molecular complexity index is 508. The fraction of sp³-hybridized carbons (Fsp3) is 0.385. The van der Waals surface area contributed by atoms with E-state index in [1.54, 1.807) is 13.8 Å². The van der Waals surface area contributed by atoms with Gasteiger partial charge in [-0.3, -0.25) is 4.79 Å². The molecule has 0 saturated heterocycles. The van der Waals surface area contributed by atoms with Crippen LogP contribution < -0.4 is 5.32 Å². The van der Waals surface area contributed by atoms with E-state index in [1.807, 2.05) is 0 Å². The van der Waals surface area contributed by atoms with E-state index in [0.717, 1.165) is 6.07 Å². The highest BCUT2D eigenvalue weighted by atomic mass is 35.5. The molecule has 0 bridgehead atoms. The zero-order chi connectivity index (χ0) is 15.3. The fourth-order valence-electron chi connectivity index (χ4n) is 1.59. The molecule has 20 heavy (non-hydrogen) atoms. The Morgan fingerprint density at radius 2 is 2.10 bits per heavy atom. The molecular weight excluding hydrogens is 287 g/mol. The third-order valence-electron chi connectivity index (χ3n) is 2.62. The normalized spacial score (nSPS) is 10.4. The van der Waals surface area contributed by atoms with E-state index < -0.39 is 17.8 Å². The SMILES string of the molecule is CC(C)N(CCC(=O)O)C(=O)Nc1cc(Cl)ccc1F. The van der Waals surface area contributed by atoms with E-state index >= 15 is 0 Å². The Hall–Kier alpha value is -1.82. The predicted molar refractivity (Wildman–Crippen MR) is 74.5 cm³/mol. The van der Waals surface area contributed by atoms with E-state index in [0.29, 0.717) is 5.02 Å². The van der Waals surface area contributed by atoms with Crippen molar-refractivity contribution in [2.75, 3.05) is 11.9 Å². The number of amides is 2. The van der Waals surface area contributed by atoms with Crippen molar-refractivity contribution in [2.24, 2.45) is 0 Å². The first-order chi connectivity index (χ1) is 9.31. The number of carboxylic acid groups (broad SMARTS) is 1. The van der Waals surface area contributed by atoms with Crippen LogP contribution in [0.4, 0.5) is 14.9 Å². The first kappa shape index (κ1) is 16.2. The molecule has 0 radical (unpaired) electrons. The lowest BCUT2D eigenvalue weighted by atomic mass is 10.3. The molecular formula is C13H16ClFN2O3. The van der Waals surface area contributed by atoms with Crippen molar-refractivity contribution in [2.45, 2.75) is 26.3 Å². The van der Waals surface area contributed by atoms with Crippen molar-refractivity contribution >= 4 is 29.3 Å². The fourth-order valence-corrected chi connectivity index (χ4v) is 1.76. The summed E-state index contributed by atoms with van der Waals surface area (Å²) in [5, 5.41) is 11.3. The van der Waals surface area contributed by atoms with Gasteiger partial charge in [0.2, 0.25) is 0 Å². The number of carbonyl (C=O) groups excluding carboxylic acids is 1. The number of rotatable bonds is 5. The molecule has 1 rings (SSSR count). The number of hydrogen-bond donors (Lipinski definition) is 2. The number of urea groups is 1. The van der Waals surface area contributed by atoms with Gasteiger partial charge >= 0.3 is 12.0 Å². The Labute approximate surface area is 121 Å². The Morgan fingerprint density at radius 3 is 2.65 bits per heavy atom. The standard InChI is InChI=1S/C13H16ClFN2O3/c1-8(2)17(6-5-12(18)19)13(20)16-11-7-9(14)3-4-10(11)15/h3-4,7-8H,5-6H2,1-2H3,(H,16,20)(H,18,19). The van der Waals surface area contributed by atoms with Crippen LogP contribution in [-0.4, -0.2) is 34.6 Å². The number of nitrogens with zero attached hydrogens (tertiary/aromatic N) is 1. The number of nitrogens with one attached hydrogen (secondary N) is 1. The van der Waals surface area contributed by atoms with Gasteiger partial charge in [0, 0.05) is 17.6 Å². The van der Waals surface area contributed by atoms with Crippen LogP contribution in [0.2, 0.25) is 5.02 Å². The van der Waals surface area contributed by atoms with Gasteiger partial charge in [0.1, 0.15) is 5.82 Å². The molecule has 0 aliphatic heterocycles. The van der Waals surface area contributed by atoms with E-state index in [4.69, 9.17) is 16.7 Å². The molecule has 2 N–H and O–H groups in total. The molecule has 0 spiro atoms. The molecule has 0 unspecified atom stereocenters. The van der Waals surface area contributed by atoms with Crippen molar-refractivity contribution in [1.29, 1.82) is 0 Å². The molecule has 5 nitrogen and oxygen atoms in total. The number of benzene rings is 1. The van der Waals surface area contributed by atoms with Crippen LogP contribution in [0.25, 0.3) is 0 Å². The average molecular weight is 303 g/mol. The summed E-state index contributed by atoms with van der Waals surface area (Å²) in [4.78, 5) is 23.9. The first-order valence-corrected chi connectivity index (χ1v) is 6.43. The maximum absolute atomic E-state index is 13.5. The number of halogens is 2.